The zero-order chi connectivity index (χ0) is 17.8. The van der Waals surface area contributed by atoms with Crippen LogP contribution in [-0.2, 0) is 6.42 Å². The van der Waals surface area contributed by atoms with Gasteiger partial charge in [-0.2, -0.15) is 0 Å². The largest absolute Gasteiger partial charge is 0.487 e. The van der Waals surface area contributed by atoms with E-state index in [0.717, 1.165) is 25.0 Å². The predicted molar refractivity (Wildman–Crippen MR) is 97.4 cm³/mol. The molecular formula is C22H26F2O. The highest BCUT2D eigenvalue weighted by Crippen LogP contribution is 2.43. The van der Waals surface area contributed by atoms with Gasteiger partial charge in [0.15, 0.2) is 0 Å². The lowest BCUT2D eigenvalue weighted by Gasteiger charge is -2.40. The lowest BCUT2D eigenvalue weighted by Crippen LogP contribution is -2.43. The van der Waals surface area contributed by atoms with E-state index in [9.17, 15) is 8.78 Å². The molecule has 0 aromatic heterocycles. The first-order chi connectivity index (χ1) is 12.0. The van der Waals surface area contributed by atoms with Crippen molar-refractivity contribution in [2.24, 2.45) is 0 Å². The number of alkyl halides is 2. The zero-order valence-electron chi connectivity index (χ0n) is 14.8. The van der Waals surface area contributed by atoms with Gasteiger partial charge in [-0.1, -0.05) is 55.8 Å². The minimum atomic E-state index is -2.53. The van der Waals surface area contributed by atoms with E-state index >= 15 is 0 Å². The highest BCUT2D eigenvalue weighted by Gasteiger charge is 2.44. The molecule has 0 unspecified atom stereocenters. The van der Waals surface area contributed by atoms with Crippen LogP contribution in [0.15, 0.2) is 54.6 Å². The summed E-state index contributed by atoms with van der Waals surface area (Å²) in [4.78, 5) is 0. The van der Waals surface area contributed by atoms with E-state index in [-0.39, 0.29) is 12.8 Å². The smallest absolute Gasteiger partial charge is 0.248 e. The SMILES string of the molecule is CCCC1(Oc2ccc(Cc3ccccc3)cc2)CCC(F)(F)CC1. The van der Waals surface area contributed by atoms with Crippen LogP contribution in [0.2, 0.25) is 0 Å². The van der Waals surface area contributed by atoms with Gasteiger partial charge in [0.2, 0.25) is 5.92 Å². The average molecular weight is 344 g/mol. The van der Waals surface area contributed by atoms with Gasteiger partial charge in [-0.25, -0.2) is 8.78 Å². The van der Waals surface area contributed by atoms with Gasteiger partial charge in [0.05, 0.1) is 0 Å². The maximum absolute atomic E-state index is 13.5. The monoisotopic (exact) mass is 344 g/mol. The minimum absolute atomic E-state index is 0.0703. The fraction of sp³-hybridized carbons (Fsp3) is 0.455. The molecule has 0 spiro atoms. The Bertz CT molecular complexity index is 654. The standard InChI is InChI=1S/C22H26F2O/c1-2-12-21(13-15-22(23,24)16-14-21)25-20-10-8-19(9-11-20)17-18-6-4-3-5-7-18/h3-11H,2,12-17H2,1H3. The number of hydrogen-bond acceptors (Lipinski definition) is 1. The van der Waals surface area contributed by atoms with Crippen molar-refractivity contribution in [3.05, 3.63) is 65.7 Å². The second-order valence-electron chi connectivity index (χ2n) is 7.20. The molecule has 3 heteroatoms. The Labute approximate surface area is 149 Å². The van der Waals surface area contributed by atoms with Crippen LogP contribution in [0.3, 0.4) is 0 Å². The topological polar surface area (TPSA) is 9.23 Å². The third-order valence-electron chi connectivity index (χ3n) is 5.11. The molecule has 0 N–H and O–H groups in total. The van der Waals surface area contributed by atoms with Crippen LogP contribution in [0.5, 0.6) is 5.75 Å². The molecule has 1 nitrogen and oxygen atoms in total. The fourth-order valence-corrected chi connectivity index (χ4v) is 3.69. The summed E-state index contributed by atoms with van der Waals surface area (Å²) in [5.74, 6) is -1.74. The second kappa shape index (κ2) is 7.55. The molecular weight excluding hydrogens is 318 g/mol. The first-order valence-electron chi connectivity index (χ1n) is 9.20. The normalized spacial score (nSPS) is 18.7. The fourth-order valence-electron chi connectivity index (χ4n) is 3.69. The van der Waals surface area contributed by atoms with Crippen LogP contribution < -0.4 is 4.74 Å². The van der Waals surface area contributed by atoms with Crippen molar-refractivity contribution >= 4 is 0 Å². The van der Waals surface area contributed by atoms with Crippen LogP contribution in [0.1, 0.15) is 56.6 Å². The third-order valence-corrected chi connectivity index (χ3v) is 5.11. The third kappa shape index (κ3) is 4.81. The Morgan fingerprint density at radius 2 is 1.44 bits per heavy atom. The number of ether oxygens (including phenoxy) is 1. The van der Waals surface area contributed by atoms with E-state index in [1.54, 1.807) is 0 Å². The van der Waals surface area contributed by atoms with Gasteiger partial charge in [-0.3, -0.25) is 0 Å². The van der Waals surface area contributed by atoms with Crippen molar-refractivity contribution in [3.8, 4) is 5.75 Å². The molecule has 0 bridgehead atoms. The van der Waals surface area contributed by atoms with Gasteiger partial charge in [-0.15, -0.1) is 0 Å². The van der Waals surface area contributed by atoms with Gasteiger partial charge in [0.25, 0.3) is 0 Å². The Morgan fingerprint density at radius 3 is 2.04 bits per heavy atom. The first-order valence-corrected chi connectivity index (χ1v) is 9.20. The van der Waals surface area contributed by atoms with Crippen molar-refractivity contribution in [2.45, 2.75) is 63.4 Å². The van der Waals surface area contributed by atoms with Crippen LogP contribution >= 0.6 is 0 Å². The van der Waals surface area contributed by atoms with Gasteiger partial charge >= 0.3 is 0 Å². The molecule has 1 saturated carbocycles. The molecule has 1 fully saturated rings. The Hall–Kier alpha value is -1.90. The van der Waals surface area contributed by atoms with Crippen molar-refractivity contribution in [1.29, 1.82) is 0 Å². The second-order valence-corrected chi connectivity index (χ2v) is 7.20. The summed E-state index contributed by atoms with van der Waals surface area (Å²) in [5.41, 5.74) is 2.06. The lowest BCUT2D eigenvalue weighted by atomic mass is 9.79. The summed E-state index contributed by atoms with van der Waals surface area (Å²) in [6.45, 7) is 2.08. The summed E-state index contributed by atoms with van der Waals surface area (Å²) < 4.78 is 33.3. The van der Waals surface area contributed by atoms with Gasteiger partial charge < -0.3 is 4.74 Å². The van der Waals surface area contributed by atoms with Crippen molar-refractivity contribution in [1.82, 2.24) is 0 Å². The summed E-state index contributed by atoms with van der Waals surface area (Å²) >= 11 is 0. The van der Waals surface area contributed by atoms with Crippen LogP contribution in [0.4, 0.5) is 8.78 Å². The molecule has 0 aliphatic heterocycles. The molecule has 0 saturated heterocycles. The molecule has 0 radical (unpaired) electrons. The first kappa shape index (κ1) is 17.9. The van der Waals surface area contributed by atoms with Crippen molar-refractivity contribution < 1.29 is 13.5 Å². The number of rotatable bonds is 6. The number of hydrogen-bond donors (Lipinski definition) is 0. The Kier molecular flexibility index (Phi) is 5.41. The average Bonchev–Trinajstić information content (AvgIpc) is 2.61. The predicted octanol–water partition coefficient (Wildman–Crippen LogP) is 6.40. The molecule has 0 atom stereocenters. The van der Waals surface area contributed by atoms with E-state index in [4.69, 9.17) is 4.74 Å². The Balaban J connectivity index is 1.67. The molecule has 0 heterocycles. The van der Waals surface area contributed by atoms with Crippen LogP contribution in [0, 0.1) is 0 Å². The number of halogens is 2. The summed E-state index contributed by atoms with van der Waals surface area (Å²) in [6.07, 6.45) is 3.37. The molecule has 0 amide bonds. The molecule has 1 aliphatic carbocycles. The van der Waals surface area contributed by atoms with E-state index in [2.05, 4.69) is 31.2 Å². The van der Waals surface area contributed by atoms with E-state index in [1.807, 2.05) is 30.3 Å². The summed E-state index contributed by atoms with van der Waals surface area (Å²) in [6, 6.07) is 18.4. The zero-order valence-corrected chi connectivity index (χ0v) is 14.8. The van der Waals surface area contributed by atoms with Gasteiger partial charge in [0, 0.05) is 12.8 Å². The maximum atomic E-state index is 13.5. The van der Waals surface area contributed by atoms with Gasteiger partial charge in [-0.05, 0) is 48.9 Å². The van der Waals surface area contributed by atoms with Crippen LogP contribution in [-0.4, -0.2) is 11.5 Å². The van der Waals surface area contributed by atoms with Gasteiger partial charge in [0.1, 0.15) is 11.4 Å². The molecule has 1 aliphatic rings. The maximum Gasteiger partial charge on any atom is 0.248 e. The van der Waals surface area contributed by atoms with E-state index < -0.39 is 11.5 Å². The van der Waals surface area contributed by atoms with E-state index in [0.29, 0.717) is 12.8 Å². The minimum Gasteiger partial charge on any atom is -0.487 e. The number of benzene rings is 2. The molecule has 2 aromatic carbocycles. The molecule has 3 rings (SSSR count). The van der Waals surface area contributed by atoms with Crippen LogP contribution in [0.25, 0.3) is 0 Å². The highest BCUT2D eigenvalue weighted by molar-refractivity contribution is 5.32. The summed E-state index contributed by atoms with van der Waals surface area (Å²) in [7, 11) is 0. The highest BCUT2D eigenvalue weighted by atomic mass is 19.3. The Morgan fingerprint density at radius 1 is 0.840 bits per heavy atom. The summed E-state index contributed by atoms with van der Waals surface area (Å²) in [5, 5.41) is 0. The molecule has 2 aromatic rings. The molecule has 25 heavy (non-hydrogen) atoms. The van der Waals surface area contributed by atoms with E-state index in [1.165, 1.54) is 11.1 Å². The molecule has 134 valence electrons. The van der Waals surface area contributed by atoms with Crippen molar-refractivity contribution in [3.63, 3.8) is 0 Å². The lowest BCUT2D eigenvalue weighted by molar-refractivity contribution is -0.0955. The van der Waals surface area contributed by atoms with Crippen molar-refractivity contribution in [2.75, 3.05) is 0 Å². The quantitative estimate of drug-likeness (QED) is 0.589.